The summed E-state index contributed by atoms with van der Waals surface area (Å²) in [7, 11) is 0. The van der Waals surface area contributed by atoms with Crippen LogP contribution < -0.4 is 10.6 Å². The molecule has 0 saturated carbocycles. The predicted octanol–water partition coefficient (Wildman–Crippen LogP) is 4.31. The number of benzene rings is 2. The first-order valence-corrected chi connectivity index (χ1v) is 8.10. The van der Waals surface area contributed by atoms with E-state index in [2.05, 4.69) is 10.6 Å². The van der Waals surface area contributed by atoms with Crippen LogP contribution in [0.25, 0.3) is 0 Å². The zero-order valence-electron chi connectivity index (χ0n) is 13.0. The summed E-state index contributed by atoms with van der Waals surface area (Å²) in [5.41, 5.74) is 0.869. The van der Waals surface area contributed by atoms with Crippen molar-refractivity contribution in [2.75, 3.05) is 11.9 Å². The Bertz CT molecular complexity index is 846. The van der Waals surface area contributed by atoms with Gasteiger partial charge in [0.1, 0.15) is 17.5 Å². The number of carbonyl (C=O) groups excluding carboxylic acids is 1. The number of nitrogens with zero attached hydrogens (tertiary/aromatic N) is 1. The minimum absolute atomic E-state index is 0.111. The smallest absolute Gasteiger partial charge is 0.267 e. The van der Waals surface area contributed by atoms with Crippen molar-refractivity contribution in [3.63, 3.8) is 0 Å². The van der Waals surface area contributed by atoms with Crippen molar-refractivity contribution in [2.24, 2.45) is 0 Å². The van der Waals surface area contributed by atoms with Crippen LogP contribution in [0.4, 0.5) is 10.1 Å². The minimum Gasteiger partial charge on any atom is -0.389 e. The fraction of sp³-hybridized carbons (Fsp3) is 0.111. The van der Waals surface area contributed by atoms with Gasteiger partial charge in [0.2, 0.25) is 0 Å². The normalized spacial score (nSPS) is 10.9. The van der Waals surface area contributed by atoms with Gasteiger partial charge < -0.3 is 10.6 Å². The van der Waals surface area contributed by atoms with E-state index in [1.807, 2.05) is 6.07 Å². The topological polar surface area (TPSA) is 64.9 Å². The minimum atomic E-state index is -0.584. The fourth-order valence-corrected chi connectivity index (χ4v) is 2.30. The SMILES string of the molecule is N#C/C(=C/NCCc1ccccc1F)C(=O)Nc1ccc(Cl)c(Cl)c1. The van der Waals surface area contributed by atoms with Gasteiger partial charge in [0, 0.05) is 18.4 Å². The molecule has 0 saturated heterocycles. The van der Waals surface area contributed by atoms with Gasteiger partial charge in [-0.15, -0.1) is 0 Å². The molecule has 2 aromatic carbocycles. The third-order valence-corrected chi connectivity index (χ3v) is 4.02. The predicted molar refractivity (Wildman–Crippen MR) is 96.9 cm³/mol. The van der Waals surface area contributed by atoms with Crippen molar-refractivity contribution >= 4 is 34.8 Å². The molecule has 0 aromatic heterocycles. The summed E-state index contributed by atoms with van der Waals surface area (Å²) in [6.07, 6.45) is 1.73. The molecule has 0 aliphatic heterocycles. The number of halogens is 3. The average molecular weight is 378 g/mol. The largest absolute Gasteiger partial charge is 0.389 e. The van der Waals surface area contributed by atoms with E-state index < -0.39 is 5.91 Å². The highest BCUT2D eigenvalue weighted by Gasteiger charge is 2.10. The quantitative estimate of drug-likeness (QED) is 0.447. The number of nitriles is 1. The lowest BCUT2D eigenvalue weighted by Gasteiger charge is -2.06. The van der Waals surface area contributed by atoms with Crippen molar-refractivity contribution < 1.29 is 9.18 Å². The third kappa shape index (κ3) is 5.49. The molecule has 25 heavy (non-hydrogen) atoms. The lowest BCUT2D eigenvalue weighted by molar-refractivity contribution is -0.112. The molecule has 1 amide bonds. The molecule has 2 rings (SSSR count). The molecule has 0 spiro atoms. The molecule has 0 heterocycles. The van der Waals surface area contributed by atoms with Gasteiger partial charge in [-0.3, -0.25) is 4.79 Å². The summed E-state index contributed by atoms with van der Waals surface area (Å²) in [6.45, 7) is 0.381. The Morgan fingerprint density at radius 1 is 1.20 bits per heavy atom. The molecule has 0 atom stereocenters. The number of hydrogen-bond donors (Lipinski definition) is 2. The maximum atomic E-state index is 13.5. The van der Waals surface area contributed by atoms with E-state index >= 15 is 0 Å². The summed E-state index contributed by atoms with van der Waals surface area (Å²) in [5, 5.41) is 15.2. The highest BCUT2D eigenvalue weighted by atomic mass is 35.5. The second-order valence-corrected chi connectivity index (χ2v) is 5.86. The summed E-state index contributed by atoms with van der Waals surface area (Å²) in [6, 6.07) is 12.9. The number of anilines is 1. The van der Waals surface area contributed by atoms with Crippen molar-refractivity contribution in [3.8, 4) is 6.07 Å². The van der Waals surface area contributed by atoms with Crippen LogP contribution in [0.5, 0.6) is 0 Å². The van der Waals surface area contributed by atoms with Gasteiger partial charge in [-0.2, -0.15) is 5.26 Å². The molecule has 4 nitrogen and oxygen atoms in total. The molecule has 0 unspecified atom stereocenters. The van der Waals surface area contributed by atoms with Crippen molar-refractivity contribution in [2.45, 2.75) is 6.42 Å². The van der Waals surface area contributed by atoms with E-state index in [0.29, 0.717) is 34.3 Å². The molecule has 0 bridgehead atoms. The van der Waals surface area contributed by atoms with Crippen LogP contribution in [0.1, 0.15) is 5.56 Å². The molecule has 2 aromatic rings. The molecule has 0 radical (unpaired) electrons. The number of rotatable bonds is 6. The Balaban J connectivity index is 1.92. The fourth-order valence-electron chi connectivity index (χ4n) is 2.00. The Morgan fingerprint density at radius 2 is 1.96 bits per heavy atom. The van der Waals surface area contributed by atoms with Gasteiger partial charge >= 0.3 is 0 Å². The third-order valence-electron chi connectivity index (χ3n) is 3.29. The number of nitrogens with one attached hydrogen (secondary N) is 2. The first-order chi connectivity index (χ1) is 12.0. The molecule has 128 valence electrons. The van der Waals surface area contributed by atoms with Gasteiger partial charge in [-0.1, -0.05) is 41.4 Å². The van der Waals surface area contributed by atoms with Crippen LogP contribution in [0, 0.1) is 17.1 Å². The van der Waals surface area contributed by atoms with Gasteiger partial charge in [-0.25, -0.2) is 4.39 Å². The lowest BCUT2D eigenvalue weighted by Crippen LogP contribution is -2.18. The van der Waals surface area contributed by atoms with E-state index in [1.165, 1.54) is 18.3 Å². The first-order valence-electron chi connectivity index (χ1n) is 7.34. The molecule has 7 heteroatoms. The zero-order valence-corrected chi connectivity index (χ0v) is 14.5. The molecule has 0 fully saturated rings. The summed E-state index contributed by atoms with van der Waals surface area (Å²) < 4.78 is 13.5. The van der Waals surface area contributed by atoms with E-state index in [-0.39, 0.29) is 11.4 Å². The zero-order chi connectivity index (χ0) is 18.2. The molecular formula is C18H14Cl2FN3O. The first kappa shape index (κ1) is 18.8. The van der Waals surface area contributed by atoms with Crippen molar-refractivity contribution in [1.29, 1.82) is 5.26 Å². The van der Waals surface area contributed by atoms with Crippen LogP contribution in [0.15, 0.2) is 54.2 Å². The highest BCUT2D eigenvalue weighted by molar-refractivity contribution is 6.42. The van der Waals surface area contributed by atoms with E-state index in [1.54, 1.807) is 30.3 Å². The second kappa shape index (κ2) is 9.07. The summed E-state index contributed by atoms with van der Waals surface area (Å²) in [4.78, 5) is 12.1. The Hall–Kier alpha value is -2.55. The van der Waals surface area contributed by atoms with Gasteiger partial charge in [-0.05, 0) is 36.2 Å². The summed E-state index contributed by atoms with van der Waals surface area (Å²) >= 11 is 11.7. The van der Waals surface area contributed by atoms with Crippen molar-refractivity contribution in [3.05, 3.63) is 75.7 Å². The number of amides is 1. The average Bonchev–Trinajstić information content (AvgIpc) is 2.59. The lowest BCUT2D eigenvalue weighted by atomic mass is 10.1. The maximum absolute atomic E-state index is 13.5. The second-order valence-electron chi connectivity index (χ2n) is 5.05. The highest BCUT2D eigenvalue weighted by Crippen LogP contribution is 2.25. The van der Waals surface area contributed by atoms with Crippen LogP contribution in [-0.4, -0.2) is 12.5 Å². The standard InChI is InChI=1S/C18H14Cl2FN3O/c19-15-6-5-14(9-16(15)20)24-18(25)13(10-22)11-23-8-7-12-3-1-2-4-17(12)21/h1-6,9,11,23H,7-8H2,(H,24,25)/b13-11-. The van der Waals surface area contributed by atoms with Gasteiger partial charge in [0.25, 0.3) is 5.91 Å². The van der Waals surface area contributed by atoms with E-state index in [9.17, 15) is 9.18 Å². The number of carbonyl (C=O) groups is 1. The van der Waals surface area contributed by atoms with Crippen LogP contribution in [-0.2, 0) is 11.2 Å². The summed E-state index contributed by atoms with van der Waals surface area (Å²) in [5.74, 6) is -0.870. The van der Waals surface area contributed by atoms with E-state index in [0.717, 1.165) is 0 Å². The molecule has 0 aliphatic carbocycles. The molecular weight excluding hydrogens is 364 g/mol. The number of hydrogen-bond acceptors (Lipinski definition) is 3. The van der Waals surface area contributed by atoms with Gasteiger partial charge in [0.15, 0.2) is 0 Å². The monoisotopic (exact) mass is 377 g/mol. The Morgan fingerprint density at radius 3 is 2.64 bits per heavy atom. The molecule has 2 N–H and O–H groups in total. The van der Waals surface area contributed by atoms with Gasteiger partial charge in [0.05, 0.1) is 10.0 Å². The van der Waals surface area contributed by atoms with E-state index in [4.69, 9.17) is 28.5 Å². The maximum Gasteiger partial charge on any atom is 0.267 e. The van der Waals surface area contributed by atoms with Crippen LogP contribution in [0.2, 0.25) is 10.0 Å². The van der Waals surface area contributed by atoms with Crippen LogP contribution >= 0.6 is 23.2 Å². The van der Waals surface area contributed by atoms with Crippen molar-refractivity contribution in [1.82, 2.24) is 5.32 Å². The Kier molecular flexibility index (Phi) is 6.81. The molecule has 0 aliphatic rings. The van der Waals surface area contributed by atoms with Crippen LogP contribution in [0.3, 0.4) is 0 Å². The Labute approximate surface area is 154 Å².